The Morgan fingerprint density at radius 1 is 1.25 bits per heavy atom. The van der Waals surface area contributed by atoms with Crippen LogP contribution in [0.3, 0.4) is 0 Å². The van der Waals surface area contributed by atoms with Crippen LogP contribution < -0.4 is 20.9 Å². The molecule has 168 valence electrons. The Bertz CT molecular complexity index is 1190. The fourth-order valence-corrected chi connectivity index (χ4v) is 2.85. The smallest absolute Gasteiger partial charge is 0.347 e. The number of alkyl halides is 2. The number of aromatic nitrogens is 4. The Labute approximate surface area is 184 Å². The molecule has 0 unspecified atom stereocenters. The van der Waals surface area contributed by atoms with Crippen molar-refractivity contribution in [3.05, 3.63) is 86.8 Å². The Morgan fingerprint density at radius 3 is 2.75 bits per heavy atom. The summed E-state index contributed by atoms with van der Waals surface area (Å²) in [5, 5.41) is 15.9. The number of rotatable bonds is 8. The summed E-state index contributed by atoms with van der Waals surface area (Å²) in [5.41, 5.74) is -1.76. The standard InChI is InChI=1S/C19H16ClF3N6O3/c20-15-9-26-17(27-11-19(22,23)14-5-1-2-7-29(14)32)18(31)28(15)10-16(30)25-8-13-12(21)4-3-6-24-13/h1-7,9H,8,10-11H2,(H,25,30)(H,26,27). The Balaban J connectivity index is 1.70. The summed E-state index contributed by atoms with van der Waals surface area (Å²) in [6.07, 6.45) is 3.28. The number of amides is 1. The van der Waals surface area contributed by atoms with Crippen LogP contribution in [0.5, 0.6) is 0 Å². The average molecular weight is 469 g/mol. The van der Waals surface area contributed by atoms with E-state index in [4.69, 9.17) is 11.6 Å². The highest BCUT2D eigenvalue weighted by atomic mass is 35.5. The summed E-state index contributed by atoms with van der Waals surface area (Å²) in [4.78, 5) is 32.2. The highest BCUT2D eigenvalue weighted by Crippen LogP contribution is 2.25. The van der Waals surface area contributed by atoms with E-state index in [-0.39, 0.29) is 22.1 Å². The molecule has 3 aromatic heterocycles. The van der Waals surface area contributed by atoms with Crippen LogP contribution in [0.2, 0.25) is 5.15 Å². The topological polar surface area (TPSA) is 116 Å². The molecule has 0 radical (unpaired) electrons. The lowest BCUT2D eigenvalue weighted by molar-refractivity contribution is -0.624. The first-order valence-corrected chi connectivity index (χ1v) is 9.48. The molecule has 0 spiro atoms. The van der Waals surface area contributed by atoms with Crippen molar-refractivity contribution in [1.82, 2.24) is 19.9 Å². The van der Waals surface area contributed by atoms with Crippen molar-refractivity contribution >= 4 is 23.3 Å². The molecule has 3 aromatic rings. The van der Waals surface area contributed by atoms with Crippen molar-refractivity contribution in [2.24, 2.45) is 0 Å². The van der Waals surface area contributed by atoms with E-state index in [0.717, 1.165) is 23.0 Å². The molecule has 0 bridgehead atoms. The Hall–Kier alpha value is -3.67. The molecule has 0 aliphatic heterocycles. The minimum Gasteiger partial charge on any atom is -0.618 e. The van der Waals surface area contributed by atoms with E-state index in [9.17, 15) is 28.0 Å². The predicted molar refractivity (Wildman–Crippen MR) is 107 cm³/mol. The third-order valence-electron chi connectivity index (χ3n) is 4.27. The largest absolute Gasteiger partial charge is 0.618 e. The van der Waals surface area contributed by atoms with Gasteiger partial charge >= 0.3 is 5.92 Å². The number of nitrogens with zero attached hydrogens (tertiary/aromatic N) is 4. The molecule has 0 saturated heterocycles. The molecule has 13 heteroatoms. The number of nitrogens with one attached hydrogen (secondary N) is 2. The van der Waals surface area contributed by atoms with Crippen molar-refractivity contribution in [3.63, 3.8) is 0 Å². The number of anilines is 1. The Morgan fingerprint density at radius 2 is 2.03 bits per heavy atom. The van der Waals surface area contributed by atoms with E-state index in [0.29, 0.717) is 0 Å². The van der Waals surface area contributed by atoms with E-state index in [1.165, 1.54) is 30.5 Å². The lowest BCUT2D eigenvalue weighted by atomic mass is 10.2. The van der Waals surface area contributed by atoms with Crippen LogP contribution >= 0.6 is 11.6 Å². The SMILES string of the molecule is O=C(Cn1c(Cl)cnc(NCC(F)(F)c2cccc[n+]2[O-])c1=O)NCc1ncccc1F. The van der Waals surface area contributed by atoms with E-state index < -0.39 is 47.8 Å². The fraction of sp³-hybridized carbons (Fsp3) is 0.211. The second-order valence-corrected chi connectivity index (χ2v) is 6.89. The lowest BCUT2D eigenvalue weighted by Crippen LogP contribution is -2.41. The third-order valence-corrected chi connectivity index (χ3v) is 4.57. The van der Waals surface area contributed by atoms with Gasteiger partial charge in [-0.15, -0.1) is 0 Å². The van der Waals surface area contributed by atoms with Gasteiger partial charge in [-0.1, -0.05) is 11.6 Å². The van der Waals surface area contributed by atoms with E-state index in [1.54, 1.807) is 0 Å². The van der Waals surface area contributed by atoms with Crippen LogP contribution in [0, 0.1) is 11.0 Å². The van der Waals surface area contributed by atoms with Gasteiger partial charge in [0.05, 0.1) is 25.0 Å². The molecule has 3 rings (SSSR count). The van der Waals surface area contributed by atoms with Crippen molar-refractivity contribution in [2.75, 3.05) is 11.9 Å². The zero-order valence-corrected chi connectivity index (χ0v) is 17.0. The molecular weight excluding hydrogens is 453 g/mol. The maximum absolute atomic E-state index is 14.4. The predicted octanol–water partition coefficient (Wildman–Crippen LogP) is 1.58. The number of carbonyl (C=O) groups excluding carboxylic acids is 1. The number of hydrogen-bond donors (Lipinski definition) is 2. The normalized spacial score (nSPS) is 11.2. The van der Waals surface area contributed by atoms with Gasteiger partial charge in [-0.05, 0) is 18.2 Å². The molecule has 0 fully saturated rings. The van der Waals surface area contributed by atoms with Gasteiger partial charge in [-0.3, -0.25) is 19.1 Å². The quantitative estimate of drug-likeness (QED) is 0.383. The summed E-state index contributed by atoms with van der Waals surface area (Å²) in [6, 6.07) is 6.10. The van der Waals surface area contributed by atoms with Crippen molar-refractivity contribution in [2.45, 2.75) is 19.0 Å². The first-order valence-electron chi connectivity index (χ1n) is 9.11. The third kappa shape index (κ3) is 5.32. The maximum atomic E-state index is 14.4. The van der Waals surface area contributed by atoms with Crippen molar-refractivity contribution in [3.8, 4) is 0 Å². The lowest BCUT2D eigenvalue weighted by Gasteiger charge is -2.17. The molecular formula is C19H16ClF3N6O3. The van der Waals surface area contributed by atoms with Crippen LogP contribution in [0.1, 0.15) is 11.4 Å². The number of hydrogen-bond acceptors (Lipinski definition) is 6. The molecule has 2 N–H and O–H groups in total. The van der Waals surface area contributed by atoms with Gasteiger partial charge < -0.3 is 15.8 Å². The summed E-state index contributed by atoms with van der Waals surface area (Å²) in [5.74, 6) is -5.42. The summed E-state index contributed by atoms with van der Waals surface area (Å²) in [7, 11) is 0. The number of pyridine rings is 2. The van der Waals surface area contributed by atoms with Crippen LogP contribution in [0.15, 0.2) is 53.7 Å². The first-order chi connectivity index (χ1) is 15.2. The molecule has 0 aromatic carbocycles. The van der Waals surface area contributed by atoms with Crippen LogP contribution in [0.4, 0.5) is 19.0 Å². The molecule has 1 amide bonds. The van der Waals surface area contributed by atoms with Crippen LogP contribution in [-0.4, -0.2) is 27.0 Å². The number of halogens is 4. The highest BCUT2D eigenvalue weighted by molar-refractivity contribution is 6.29. The Kier molecular flexibility index (Phi) is 6.93. The van der Waals surface area contributed by atoms with Gasteiger partial charge in [0.15, 0.2) is 12.0 Å². The van der Waals surface area contributed by atoms with Gasteiger partial charge in [-0.25, -0.2) is 9.37 Å². The summed E-state index contributed by atoms with van der Waals surface area (Å²) < 4.78 is 43.2. The average Bonchev–Trinajstić information content (AvgIpc) is 2.75. The summed E-state index contributed by atoms with van der Waals surface area (Å²) >= 11 is 5.92. The number of carbonyl (C=O) groups is 1. The highest BCUT2D eigenvalue weighted by Gasteiger charge is 2.39. The van der Waals surface area contributed by atoms with Gasteiger partial charge in [0, 0.05) is 18.3 Å². The van der Waals surface area contributed by atoms with Gasteiger partial charge in [0.2, 0.25) is 5.91 Å². The zero-order chi connectivity index (χ0) is 23.3. The zero-order valence-electron chi connectivity index (χ0n) is 16.3. The molecule has 32 heavy (non-hydrogen) atoms. The van der Waals surface area contributed by atoms with Crippen LogP contribution in [0.25, 0.3) is 0 Å². The minimum atomic E-state index is -3.62. The molecule has 0 saturated carbocycles. The van der Waals surface area contributed by atoms with E-state index >= 15 is 0 Å². The van der Waals surface area contributed by atoms with Gasteiger partial charge in [0.25, 0.3) is 11.3 Å². The van der Waals surface area contributed by atoms with Crippen LogP contribution in [-0.2, 0) is 23.8 Å². The van der Waals surface area contributed by atoms with Gasteiger partial charge in [-0.2, -0.15) is 13.5 Å². The molecule has 0 atom stereocenters. The second-order valence-electron chi connectivity index (χ2n) is 6.50. The van der Waals surface area contributed by atoms with E-state index in [2.05, 4.69) is 20.6 Å². The van der Waals surface area contributed by atoms with Crippen molar-refractivity contribution < 1.29 is 22.7 Å². The summed E-state index contributed by atoms with van der Waals surface area (Å²) in [6.45, 7) is -1.90. The first kappa shape index (κ1) is 23.0. The fourth-order valence-electron chi connectivity index (χ4n) is 2.66. The van der Waals surface area contributed by atoms with Gasteiger partial charge in [0.1, 0.15) is 17.5 Å². The van der Waals surface area contributed by atoms with Crippen molar-refractivity contribution in [1.29, 1.82) is 0 Å². The second kappa shape index (κ2) is 9.64. The molecule has 3 heterocycles. The monoisotopic (exact) mass is 468 g/mol. The molecule has 0 aliphatic carbocycles. The minimum absolute atomic E-state index is 0.00451. The maximum Gasteiger partial charge on any atom is 0.347 e. The molecule has 0 aliphatic rings. The van der Waals surface area contributed by atoms with E-state index in [1.807, 2.05) is 0 Å². The molecule has 9 nitrogen and oxygen atoms in total.